The maximum atomic E-state index is 11.0. The Morgan fingerprint density at radius 3 is 3.00 bits per heavy atom. The summed E-state index contributed by atoms with van der Waals surface area (Å²) in [5.74, 6) is 0.163. The summed E-state index contributed by atoms with van der Waals surface area (Å²) in [6, 6.07) is 6.58. The monoisotopic (exact) mass is 261 g/mol. The number of nitro groups is 1. The van der Waals surface area contributed by atoms with Crippen LogP contribution in [0.15, 0.2) is 18.2 Å². The molecule has 19 heavy (non-hydrogen) atoms. The Hall–Kier alpha value is -2.13. The number of hydrogen-bond acceptors (Lipinski definition) is 5. The number of para-hydroxylation sites is 1. The first-order chi connectivity index (χ1) is 9.22. The zero-order chi connectivity index (χ0) is 13.7. The van der Waals surface area contributed by atoms with Gasteiger partial charge in [-0.3, -0.25) is 10.1 Å². The van der Waals surface area contributed by atoms with Crippen LogP contribution in [-0.4, -0.2) is 24.1 Å². The zero-order valence-corrected chi connectivity index (χ0v) is 10.5. The van der Waals surface area contributed by atoms with Gasteiger partial charge in [0.2, 0.25) is 0 Å². The Morgan fingerprint density at radius 2 is 2.37 bits per heavy atom. The summed E-state index contributed by atoms with van der Waals surface area (Å²) in [4.78, 5) is 10.4. The minimum absolute atomic E-state index is 0.0269. The Balaban J connectivity index is 2.11. The standard InChI is InChI=1S/C13H15N3O3/c14-8-10-4-3-6-12(13(10)16(17)18)19-9-11-5-1-2-7-15-11/h3-4,6,11,15H,1-2,5,7,9H2. The third-order valence-corrected chi connectivity index (χ3v) is 3.15. The van der Waals surface area contributed by atoms with E-state index in [1.165, 1.54) is 12.1 Å². The first kappa shape index (κ1) is 13.3. The predicted molar refractivity (Wildman–Crippen MR) is 68.9 cm³/mol. The second-order valence-electron chi connectivity index (χ2n) is 4.48. The molecular weight excluding hydrogens is 246 g/mol. The van der Waals surface area contributed by atoms with Crippen molar-refractivity contribution in [3.63, 3.8) is 0 Å². The number of ether oxygens (including phenoxy) is 1. The molecule has 0 saturated carbocycles. The van der Waals surface area contributed by atoms with Crippen molar-refractivity contribution in [2.24, 2.45) is 0 Å². The third kappa shape index (κ3) is 3.20. The fraction of sp³-hybridized carbons (Fsp3) is 0.462. The Bertz CT molecular complexity index is 504. The molecule has 1 fully saturated rings. The highest BCUT2D eigenvalue weighted by Crippen LogP contribution is 2.30. The average Bonchev–Trinajstić information content (AvgIpc) is 2.45. The van der Waals surface area contributed by atoms with Gasteiger partial charge in [0.1, 0.15) is 18.2 Å². The fourth-order valence-electron chi connectivity index (χ4n) is 2.17. The van der Waals surface area contributed by atoms with Crippen molar-refractivity contribution in [1.82, 2.24) is 5.32 Å². The van der Waals surface area contributed by atoms with E-state index in [0.29, 0.717) is 6.61 Å². The smallest absolute Gasteiger partial charge is 0.328 e. The second-order valence-corrected chi connectivity index (χ2v) is 4.48. The summed E-state index contributed by atoms with van der Waals surface area (Å²) < 4.78 is 5.53. The van der Waals surface area contributed by atoms with Crippen molar-refractivity contribution in [1.29, 1.82) is 5.26 Å². The summed E-state index contributed by atoms with van der Waals surface area (Å²) in [6.07, 6.45) is 3.30. The molecule has 1 aromatic carbocycles. The lowest BCUT2D eigenvalue weighted by Gasteiger charge is -2.23. The van der Waals surface area contributed by atoms with Crippen LogP contribution in [0.3, 0.4) is 0 Å². The van der Waals surface area contributed by atoms with Crippen LogP contribution in [0.2, 0.25) is 0 Å². The molecule has 1 unspecified atom stereocenters. The van der Waals surface area contributed by atoms with E-state index < -0.39 is 4.92 Å². The van der Waals surface area contributed by atoms with E-state index in [0.717, 1.165) is 25.8 Å². The molecule has 1 atom stereocenters. The minimum atomic E-state index is -0.567. The van der Waals surface area contributed by atoms with Gasteiger partial charge in [0.15, 0.2) is 5.75 Å². The van der Waals surface area contributed by atoms with Crippen LogP contribution in [0.5, 0.6) is 5.75 Å². The predicted octanol–water partition coefficient (Wildman–Crippen LogP) is 1.99. The number of rotatable bonds is 4. The van der Waals surface area contributed by atoms with E-state index in [4.69, 9.17) is 10.00 Å². The van der Waals surface area contributed by atoms with E-state index in [1.54, 1.807) is 6.07 Å². The molecule has 100 valence electrons. The van der Waals surface area contributed by atoms with Gasteiger partial charge in [-0.25, -0.2) is 0 Å². The lowest BCUT2D eigenvalue weighted by Crippen LogP contribution is -2.38. The van der Waals surface area contributed by atoms with Gasteiger partial charge in [0, 0.05) is 6.04 Å². The molecule has 0 amide bonds. The number of nitriles is 1. The molecule has 0 aliphatic carbocycles. The molecule has 1 aliphatic rings. The molecule has 6 heteroatoms. The van der Waals surface area contributed by atoms with E-state index in [1.807, 2.05) is 6.07 Å². The molecule has 0 spiro atoms. The van der Waals surface area contributed by atoms with Gasteiger partial charge in [0.25, 0.3) is 0 Å². The van der Waals surface area contributed by atoms with Crippen LogP contribution in [0, 0.1) is 21.4 Å². The van der Waals surface area contributed by atoms with E-state index in [-0.39, 0.29) is 23.0 Å². The van der Waals surface area contributed by atoms with Crippen molar-refractivity contribution in [2.75, 3.05) is 13.2 Å². The number of nitrogens with one attached hydrogen (secondary N) is 1. The van der Waals surface area contributed by atoms with Crippen LogP contribution in [-0.2, 0) is 0 Å². The molecule has 2 rings (SSSR count). The van der Waals surface area contributed by atoms with Gasteiger partial charge in [-0.15, -0.1) is 0 Å². The molecule has 6 nitrogen and oxygen atoms in total. The lowest BCUT2D eigenvalue weighted by atomic mass is 10.1. The number of piperidine rings is 1. The van der Waals surface area contributed by atoms with Crippen LogP contribution >= 0.6 is 0 Å². The van der Waals surface area contributed by atoms with E-state index >= 15 is 0 Å². The number of nitrogens with zero attached hydrogens (tertiary/aromatic N) is 2. The molecule has 0 aromatic heterocycles. The van der Waals surface area contributed by atoms with Gasteiger partial charge >= 0.3 is 5.69 Å². The Labute approximate surface area is 111 Å². The van der Waals surface area contributed by atoms with Crippen molar-refractivity contribution in [2.45, 2.75) is 25.3 Å². The van der Waals surface area contributed by atoms with Crippen molar-refractivity contribution in [3.8, 4) is 11.8 Å². The van der Waals surface area contributed by atoms with Gasteiger partial charge in [-0.05, 0) is 31.5 Å². The third-order valence-electron chi connectivity index (χ3n) is 3.15. The topological polar surface area (TPSA) is 88.2 Å². The first-order valence-electron chi connectivity index (χ1n) is 6.26. The van der Waals surface area contributed by atoms with Crippen molar-refractivity contribution >= 4 is 5.69 Å². The van der Waals surface area contributed by atoms with Gasteiger partial charge in [-0.1, -0.05) is 12.5 Å². The SMILES string of the molecule is N#Cc1cccc(OCC2CCCCN2)c1[N+](=O)[O-]. The van der Waals surface area contributed by atoms with Gasteiger partial charge in [-0.2, -0.15) is 5.26 Å². The minimum Gasteiger partial charge on any atom is -0.485 e. The summed E-state index contributed by atoms with van der Waals surface area (Å²) in [5, 5.41) is 23.2. The molecule has 1 aliphatic heterocycles. The average molecular weight is 261 g/mol. The quantitative estimate of drug-likeness (QED) is 0.661. The molecule has 1 saturated heterocycles. The first-order valence-corrected chi connectivity index (χ1v) is 6.26. The van der Waals surface area contributed by atoms with Crippen LogP contribution in [0.1, 0.15) is 24.8 Å². The summed E-state index contributed by atoms with van der Waals surface area (Å²) >= 11 is 0. The molecule has 0 bridgehead atoms. The van der Waals surface area contributed by atoms with Crippen LogP contribution < -0.4 is 10.1 Å². The number of nitro benzene ring substituents is 1. The molecule has 0 radical (unpaired) electrons. The van der Waals surface area contributed by atoms with Crippen molar-refractivity contribution < 1.29 is 9.66 Å². The van der Waals surface area contributed by atoms with Gasteiger partial charge < -0.3 is 10.1 Å². The molecule has 1 heterocycles. The highest BCUT2D eigenvalue weighted by atomic mass is 16.6. The number of benzene rings is 1. The molecule has 1 N–H and O–H groups in total. The largest absolute Gasteiger partial charge is 0.485 e. The second kappa shape index (κ2) is 6.16. The Kier molecular flexibility index (Phi) is 4.31. The lowest BCUT2D eigenvalue weighted by molar-refractivity contribution is -0.386. The highest BCUT2D eigenvalue weighted by molar-refractivity contribution is 5.57. The summed E-state index contributed by atoms with van der Waals surface area (Å²) in [6.45, 7) is 1.34. The Morgan fingerprint density at radius 1 is 1.53 bits per heavy atom. The van der Waals surface area contributed by atoms with Gasteiger partial charge in [0.05, 0.1) is 4.92 Å². The fourth-order valence-corrected chi connectivity index (χ4v) is 2.17. The summed E-state index contributed by atoms with van der Waals surface area (Å²) in [5.41, 5.74) is -0.222. The maximum Gasteiger partial charge on any atom is 0.328 e. The zero-order valence-electron chi connectivity index (χ0n) is 10.5. The highest BCUT2D eigenvalue weighted by Gasteiger charge is 2.22. The maximum absolute atomic E-state index is 11.0. The summed E-state index contributed by atoms with van der Waals surface area (Å²) in [7, 11) is 0. The molecular formula is C13H15N3O3. The van der Waals surface area contributed by atoms with E-state index in [2.05, 4.69) is 5.32 Å². The van der Waals surface area contributed by atoms with E-state index in [9.17, 15) is 10.1 Å². The normalized spacial score (nSPS) is 18.6. The molecule has 1 aromatic rings. The van der Waals surface area contributed by atoms with Crippen LogP contribution in [0.25, 0.3) is 0 Å². The van der Waals surface area contributed by atoms with Crippen molar-refractivity contribution in [3.05, 3.63) is 33.9 Å². The van der Waals surface area contributed by atoms with Crippen LogP contribution in [0.4, 0.5) is 5.69 Å². The number of hydrogen-bond donors (Lipinski definition) is 1.